The molecule has 4 aromatic rings. The van der Waals surface area contributed by atoms with E-state index in [1.165, 1.54) is 22.6 Å². The maximum absolute atomic E-state index is 4.85. The molecule has 0 N–H and O–H groups in total. The van der Waals surface area contributed by atoms with Crippen molar-refractivity contribution in [1.82, 2.24) is 15.0 Å². The monoisotopic (exact) mass is 517 g/mol. The van der Waals surface area contributed by atoms with Crippen LogP contribution in [0.1, 0.15) is 22.8 Å². The molecule has 4 aromatic heterocycles. The van der Waals surface area contributed by atoms with Crippen LogP contribution in [0, 0.1) is 0 Å². The number of aromatic nitrogens is 3. The second-order valence-corrected chi connectivity index (χ2v) is 11.8. The number of hydrogen-bond acceptors (Lipinski definition) is 3. The van der Waals surface area contributed by atoms with Crippen molar-refractivity contribution in [1.29, 1.82) is 0 Å². The molecular weight excluding hydrogens is 500 g/mol. The van der Waals surface area contributed by atoms with Gasteiger partial charge in [-0.15, -0.1) is 0 Å². The Bertz CT molecular complexity index is 1490. The van der Waals surface area contributed by atoms with Crippen molar-refractivity contribution in [3.63, 3.8) is 0 Å². The third kappa shape index (κ3) is 3.58. The summed E-state index contributed by atoms with van der Waals surface area (Å²) < 4.78 is 5.32. The van der Waals surface area contributed by atoms with Gasteiger partial charge in [0, 0.05) is 0 Å². The van der Waals surface area contributed by atoms with Crippen molar-refractivity contribution in [3.05, 3.63) is 89.8 Å². The van der Waals surface area contributed by atoms with E-state index in [9.17, 15) is 0 Å². The second kappa shape index (κ2) is 7.46. The van der Waals surface area contributed by atoms with Crippen LogP contribution in [0.2, 0.25) is 0 Å². The molecule has 6 rings (SSSR count). The Labute approximate surface area is 185 Å². The van der Waals surface area contributed by atoms with Gasteiger partial charge in [-0.3, -0.25) is 0 Å². The Kier molecular flexibility index (Phi) is 4.48. The average molecular weight is 515 g/mol. The zero-order valence-electron chi connectivity index (χ0n) is 15.8. The zero-order chi connectivity index (χ0) is 19.9. The molecule has 0 unspecified atom stereocenters. The normalized spacial score (nSPS) is 12.4. The quantitative estimate of drug-likeness (QED) is 0.284. The summed E-state index contributed by atoms with van der Waals surface area (Å²) in [5.41, 5.74) is 6.48. The van der Waals surface area contributed by atoms with Gasteiger partial charge in [0.25, 0.3) is 0 Å². The van der Waals surface area contributed by atoms with Crippen LogP contribution in [0.4, 0.5) is 0 Å². The Balaban J connectivity index is 1.69. The average Bonchev–Trinajstić information content (AvgIpc) is 3.53. The molecule has 8 bridgehead atoms. The van der Waals surface area contributed by atoms with Crippen molar-refractivity contribution in [2.75, 3.05) is 0 Å². The molecule has 0 radical (unpaired) electrons. The van der Waals surface area contributed by atoms with E-state index in [-0.39, 0.29) is 14.5 Å². The fraction of sp³-hybridized carbons (Fsp3) is 0. The fourth-order valence-corrected chi connectivity index (χ4v) is 7.71. The molecule has 0 fully saturated rings. The molecule has 6 heterocycles. The van der Waals surface area contributed by atoms with Crippen LogP contribution in [0.15, 0.2) is 67.0 Å². The predicted octanol–water partition coefficient (Wildman–Crippen LogP) is 5.18. The van der Waals surface area contributed by atoms with Gasteiger partial charge < -0.3 is 0 Å². The molecule has 3 nitrogen and oxygen atoms in total. The number of pyridine rings is 1. The standard InChI is InChI=1S/C25H15N3Se2/c1-2-16(15-26-9-1)24-14-23-12-19-4-3-17(27-19)10-21-7-8-22(29-21)11-18-5-6-20(28-18)13-25(24)30-23/h1-15H. The Morgan fingerprint density at radius 3 is 1.87 bits per heavy atom. The van der Waals surface area contributed by atoms with E-state index in [4.69, 9.17) is 9.97 Å². The van der Waals surface area contributed by atoms with Crippen LogP contribution in [-0.2, 0) is 0 Å². The van der Waals surface area contributed by atoms with E-state index in [0.717, 1.165) is 28.3 Å². The molecule has 2 aliphatic heterocycles. The summed E-state index contributed by atoms with van der Waals surface area (Å²) in [5, 5.41) is 0. The number of nitrogens with zero attached hydrogens (tertiary/aromatic N) is 3. The minimum absolute atomic E-state index is 0.196. The van der Waals surface area contributed by atoms with Gasteiger partial charge in [-0.1, -0.05) is 0 Å². The van der Waals surface area contributed by atoms with E-state index in [1.807, 2.05) is 18.5 Å². The molecule has 5 heteroatoms. The van der Waals surface area contributed by atoms with E-state index in [2.05, 4.69) is 77.8 Å². The van der Waals surface area contributed by atoms with E-state index < -0.39 is 0 Å². The van der Waals surface area contributed by atoms with Gasteiger partial charge in [0.2, 0.25) is 0 Å². The molecule has 0 spiro atoms. The van der Waals surface area contributed by atoms with Gasteiger partial charge in [-0.2, -0.15) is 0 Å². The first-order valence-electron chi connectivity index (χ1n) is 9.59. The van der Waals surface area contributed by atoms with Gasteiger partial charge >= 0.3 is 186 Å². The van der Waals surface area contributed by atoms with Crippen molar-refractivity contribution < 1.29 is 0 Å². The third-order valence-electron chi connectivity index (χ3n) is 4.92. The Hall–Kier alpha value is -2.81. The molecule has 30 heavy (non-hydrogen) atoms. The molecular formula is C25H15N3Se2. The van der Waals surface area contributed by atoms with Gasteiger partial charge in [-0.25, -0.2) is 0 Å². The molecule has 0 saturated carbocycles. The Morgan fingerprint density at radius 1 is 0.600 bits per heavy atom. The summed E-state index contributed by atoms with van der Waals surface area (Å²) in [6.45, 7) is 0. The maximum atomic E-state index is 4.85. The summed E-state index contributed by atoms with van der Waals surface area (Å²) in [6, 6.07) is 19.7. The van der Waals surface area contributed by atoms with Crippen molar-refractivity contribution in [2.24, 2.45) is 0 Å². The zero-order valence-corrected chi connectivity index (χ0v) is 19.2. The third-order valence-corrected chi connectivity index (χ3v) is 9.13. The fourth-order valence-electron chi connectivity index (χ4n) is 3.56. The van der Waals surface area contributed by atoms with Crippen molar-refractivity contribution in [2.45, 2.75) is 0 Å². The number of fused-ring (bicyclic) bond motifs is 8. The van der Waals surface area contributed by atoms with E-state index in [1.54, 1.807) is 0 Å². The molecule has 0 saturated heterocycles. The molecule has 142 valence electrons. The van der Waals surface area contributed by atoms with Crippen LogP contribution >= 0.6 is 0 Å². The molecule has 2 aliphatic rings. The summed E-state index contributed by atoms with van der Waals surface area (Å²) in [6.07, 6.45) is 12.2. The first-order chi connectivity index (χ1) is 14.8. The van der Waals surface area contributed by atoms with Gasteiger partial charge in [0.15, 0.2) is 0 Å². The van der Waals surface area contributed by atoms with Crippen LogP contribution in [0.3, 0.4) is 0 Å². The molecule has 0 aromatic carbocycles. The number of hydrogen-bond donors (Lipinski definition) is 0. The summed E-state index contributed by atoms with van der Waals surface area (Å²) in [5.74, 6) is 0. The summed E-state index contributed by atoms with van der Waals surface area (Å²) in [4.78, 5) is 14.0. The predicted molar refractivity (Wildman–Crippen MR) is 127 cm³/mol. The second-order valence-electron chi connectivity index (χ2n) is 7.08. The van der Waals surface area contributed by atoms with Crippen LogP contribution in [0.25, 0.3) is 52.5 Å². The molecule has 0 amide bonds. The van der Waals surface area contributed by atoms with Crippen molar-refractivity contribution in [3.8, 4) is 11.1 Å². The van der Waals surface area contributed by atoms with Gasteiger partial charge in [0.1, 0.15) is 0 Å². The first-order valence-corrected chi connectivity index (χ1v) is 13.0. The Morgan fingerprint density at radius 2 is 1.23 bits per heavy atom. The van der Waals surface area contributed by atoms with E-state index >= 15 is 0 Å². The molecule has 0 atom stereocenters. The van der Waals surface area contributed by atoms with Crippen LogP contribution < -0.4 is 0 Å². The van der Waals surface area contributed by atoms with Crippen LogP contribution in [0.5, 0.6) is 0 Å². The summed E-state index contributed by atoms with van der Waals surface area (Å²) in [7, 11) is 0. The summed E-state index contributed by atoms with van der Waals surface area (Å²) >= 11 is 0.491. The topological polar surface area (TPSA) is 38.7 Å². The SMILES string of the molecule is C1=Cc2cc3cc(-c4cccnc4)c(cc4nc(cc5ccc(cc1n2)[se]5)C=C4)[se]3. The number of rotatable bonds is 1. The van der Waals surface area contributed by atoms with Gasteiger partial charge in [0.05, 0.1) is 0 Å². The minimum atomic E-state index is 0.196. The molecule has 0 aliphatic carbocycles. The van der Waals surface area contributed by atoms with Gasteiger partial charge in [-0.05, 0) is 0 Å². The first kappa shape index (κ1) is 18.0. The van der Waals surface area contributed by atoms with E-state index in [0.29, 0.717) is 14.5 Å². The van der Waals surface area contributed by atoms with Crippen LogP contribution in [-0.4, -0.2) is 44.0 Å². The van der Waals surface area contributed by atoms with Crippen molar-refractivity contribution >= 4 is 70.4 Å².